The van der Waals surface area contributed by atoms with Gasteiger partial charge in [0, 0.05) is 12.5 Å². The van der Waals surface area contributed by atoms with Crippen molar-refractivity contribution in [3.8, 4) is 34.1 Å². The van der Waals surface area contributed by atoms with Crippen LogP contribution >= 0.6 is 22.6 Å². The highest BCUT2D eigenvalue weighted by molar-refractivity contribution is 14.1. The van der Waals surface area contributed by atoms with Crippen molar-refractivity contribution in [2.45, 2.75) is 25.8 Å². The van der Waals surface area contributed by atoms with Crippen molar-refractivity contribution in [2.24, 2.45) is 0 Å². The van der Waals surface area contributed by atoms with Gasteiger partial charge in [-0.2, -0.15) is 0 Å². The molecule has 0 radical (unpaired) electrons. The van der Waals surface area contributed by atoms with Gasteiger partial charge < -0.3 is 24.3 Å². The van der Waals surface area contributed by atoms with E-state index >= 15 is 0 Å². The molecule has 1 aliphatic carbocycles. The van der Waals surface area contributed by atoms with Crippen molar-refractivity contribution in [1.29, 1.82) is 0 Å². The first kappa shape index (κ1) is 22.2. The summed E-state index contributed by atoms with van der Waals surface area (Å²) in [6.07, 6.45) is 1.26. The lowest BCUT2D eigenvalue weighted by Gasteiger charge is -2.21. The van der Waals surface area contributed by atoms with Gasteiger partial charge in [-0.1, -0.05) is 6.07 Å². The number of carbonyl (C=O) groups is 1. The van der Waals surface area contributed by atoms with E-state index in [1.165, 1.54) is 20.1 Å². The minimum absolute atomic E-state index is 0.167. The Balaban J connectivity index is 2.47. The summed E-state index contributed by atoms with van der Waals surface area (Å²) in [5, 5.41) is 2.98. The molecule has 1 unspecified atom stereocenters. The molecule has 0 heterocycles. The second-order valence-corrected chi connectivity index (χ2v) is 7.92. The van der Waals surface area contributed by atoms with Gasteiger partial charge in [-0.25, -0.2) is 0 Å². The van der Waals surface area contributed by atoms with Crippen molar-refractivity contribution in [3.05, 3.63) is 43.1 Å². The van der Waals surface area contributed by atoms with Crippen LogP contribution in [0.2, 0.25) is 0 Å². The average molecular weight is 525 g/mol. The van der Waals surface area contributed by atoms with Gasteiger partial charge in [0.2, 0.25) is 17.1 Å². The van der Waals surface area contributed by atoms with E-state index in [4.69, 9.17) is 18.9 Å². The molecule has 0 fully saturated rings. The summed E-state index contributed by atoms with van der Waals surface area (Å²) < 4.78 is 23.2. The molecule has 3 rings (SSSR count). The number of halogens is 1. The van der Waals surface area contributed by atoms with Crippen LogP contribution in [0.25, 0.3) is 11.1 Å². The summed E-state index contributed by atoms with van der Waals surface area (Å²) in [7, 11) is 6.18. The lowest BCUT2D eigenvalue weighted by Crippen LogP contribution is -2.26. The number of hydrogen-bond acceptors (Lipinski definition) is 6. The van der Waals surface area contributed by atoms with E-state index in [0.717, 1.165) is 20.3 Å². The number of carbonyl (C=O) groups excluding carboxylic acids is 1. The first-order valence-electron chi connectivity index (χ1n) is 9.37. The third kappa shape index (κ3) is 3.80. The molecule has 0 saturated heterocycles. The fourth-order valence-electron chi connectivity index (χ4n) is 3.93. The molecule has 7 nitrogen and oxygen atoms in total. The van der Waals surface area contributed by atoms with Gasteiger partial charge in [-0.3, -0.25) is 9.59 Å². The Kier molecular flexibility index (Phi) is 6.74. The van der Waals surface area contributed by atoms with E-state index in [2.05, 4.69) is 27.9 Å². The van der Waals surface area contributed by atoms with Crippen LogP contribution in [0.15, 0.2) is 23.0 Å². The maximum Gasteiger partial charge on any atom is 0.220 e. The summed E-state index contributed by atoms with van der Waals surface area (Å²) in [5.41, 5.74) is 3.06. The normalized spacial score (nSPS) is 14.7. The Bertz CT molecular complexity index is 1050. The molecule has 0 saturated carbocycles. The highest BCUT2D eigenvalue weighted by atomic mass is 127. The average Bonchev–Trinajstić information content (AvgIpc) is 2.96. The van der Waals surface area contributed by atoms with Crippen LogP contribution in [0.4, 0.5) is 0 Å². The van der Waals surface area contributed by atoms with Crippen LogP contribution in [-0.2, 0) is 11.2 Å². The summed E-state index contributed by atoms with van der Waals surface area (Å²) >= 11 is 2.24. The minimum atomic E-state index is -0.341. The zero-order chi connectivity index (χ0) is 22.0. The standard InChI is InChI=1S/C22H24INO6/c1-11(25)24-15-8-6-13-18(12-7-9-17(27-2)16(26)10-14(12)15)20(28-3)22(30-5)21(29-4)19(13)23/h7,9-10,15H,6,8H2,1-5H3,(H,24,25). The lowest BCUT2D eigenvalue weighted by molar-refractivity contribution is -0.119. The molecule has 0 aromatic heterocycles. The number of nitrogens with one attached hydrogen (secondary N) is 1. The monoisotopic (exact) mass is 525 g/mol. The van der Waals surface area contributed by atoms with Crippen molar-refractivity contribution in [2.75, 3.05) is 28.4 Å². The van der Waals surface area contributed by atoms with Crippen LogP contribution in [0, 0.1) is 3.57 Å². The fraction of sp³-hybridized carbons (Fsp3) is 0.364. The Morgan fingerprint density at radius 2 is 1.70 bits per heavy atom. The fourth-order valence-corrected chi connectivity index (χ4v) is 4.94. The molecular weight excluding hydrogens is 501 g/mol. The van der Waals surface area contributed by atoms with Gasteiger partial charge in [0.1, 0.15) is 0 Å². The van der Waals surface area contributed by atoms with E-state index < -0.39 is 0 Å². The molecule has 0 aliphatic heterocycles. The van der Waals surface area contributed by atoms with E-state index in [0.29, 0.717) is 35.7 Å². The predicted octanol–water partition coefficient (Wildman–Crippen LogP) is 3.48. The Labute approximate surface area is 188 Å². The largest absolute Gasteiger partial charge is 0.493 e. The number of ether oxygens (including phenoxy) is 4. The number of fused-ring (bicyclic) bond motifs is 3. The number of rotatable bonds is 5. The molecule has 0 bridgehead atoms. The summed E-state index contributed by atoms with van der Waals surface area (Å²) in [6.45, 7) is 1.47. The lowest BCUT2D eigenvalue weighted by atomic mass is 9.95. The Morgan fingerprint density at radius 1 is 1.03 bits per heavy atom. The Hall–Kier alpha value is -2.49. The van der Waals surface area contributed by atoms with Gasteiger partial charge in [-0.15, -0.1) is 0 Å². The van der Waals surface area contributed by atoms with Crippen molar-refractivity contribution >= 4 is 28.5 Å². The molecule has 30 heavy (non-hydrogen) atoms. The van der Waals surface area contributed by atoms with Crippen LogP contribution in [0.3, 0.4) is 0 Å². The van der Waals surface area contributed by atoms with E-state index in [1.54, 1.807) is 27.4 Å². The van der Waals surface area contributed by atoms with Crippen LogP contribution < -0.4 is 29.7 Å². The Morgan fingerprint density at radius 3 is 2.27 bits per heavy atom. The highest BCUT2D eigenvalue weighted by Gasteiger charge is 2.32. The van der Waals surface area contributed by atoms with Gasteiger partial charge >= 0.3 is 0 Å². The van der Waals surface area contributed by atoms with Crippen LogP contribution in [-0.4, -0.2) is 34.3 Å². The summed E-state index contributed by atoms with van der Waals surface area (Å²) in [5.74, 6) is 1.65. The van der Waals surface area contributed by atoms with Gasteiger partial charge in [0.05, 0.1) is 38.1 Å². The number of amides is 1. The highest BCUT2D eigenvalue weighted by Crippen LogP contribution is 2.52. The SMILES string of the molecule is COc1c(I)c2c(c(OC)c1OC)-c1ccc(OC)c(=O)cc1C(NC(C)=O)CC2. The zero-order valence-corrected chi connectivity index (χ0v) is 19.7. The molecule has 1 aliphatic rings. The molecule has 2 aromatic carbocycles. The van der Waals surface area contributed by atoms with E-state index in [1.807, 2.05) is 6.07 Å². The van der Waals surface area contributed by atoms with Crippen molar-refractivity contribution in [1.82, 2.24) is 5.32 Å². The van der Waals surface area contributed by atoms with Crippen molar-refractivity contribution < 1.29 is 23.7 Å². The molecule has 1 amide bonds. The molecule has 0 spiro atoms. The first-order chi connectivity index (χ1) is 14.4. The quantitative estimate of drug-likeness (QED) is 0.603. The maximum atomic E-state index is 12.7. The predicted molar refractivity (Wildman–Crippen MR) is 122 cm³/mol. The van der Waals surface area contributed by atoms with E-state index in [9.17, 15) is 9.59 Å². The zero-order valence-electron chi connectivity index (χ0n) is 17.6. The second kappa shape index (κ2) is 9.11. The van der Waals surface area contributed by atoms with Gasteiger partial charge in [0.15, 0.2) is 17.2 Å². The maximum absolute atomic E-state index is 12.7. The third-order valence-electron chi connectivity index (χ3n) is 5.18. The summed E-state index contributed by atoms with van der Waals surface area (Å²) in [6, 6.07) is 4.67. The van der Waals surface area contributed by atoms with Crippen LogP contribution in [0.1, 0.15) is 30.5 Å². The van der Waals surface area contributed by atoms with E-state index in [-0.39, 0.29) is 23.1 Å². The van der Waals surface area contributed by atoms with Gasteiger partial charge in [-0.05, 0) is 64.3 Å². The number of methoxy groups -OCH3 is 4. The van der Waals surface area contributed by atoms with Crippen LogP contribution in [0.5, 0.6) is 23.0 Å². The van der Waals surface area contributed by atoms with Crippen molar-refractivity contribution in [3.63, 3.8) is 0 Å². The topological polar surface area (TPSA) is 83.1 Å². The number of hydrogen-bond donors (Lipinski definition) is 1. The first-order valence-corrected chi connectivity index (χ1v) is 10.5. The molecule has 1 N–H and O–H groups in total. The second-order valence-electron chi connectivity index (χ2n) is 6.84. The molecule has 2 aromatic rings. The molecule has 1 atom stereocenters. The van der Waals surface area contributed by atoms with Gasteiger partial charge in [0.25, 0.3) is 0 Å². The molecule has 160 valence electrons. The smallest absolute Gasteiger partial charge is 0.220 e. The molecular formula is C22H24INO6. The third-order valence-corrected chi connectivity index (χ3v) is 6.33. The summed E-state index contributed by atoms with van der Waals surface area (Å²) in [4.78, 5) is 24.6. The molecule has 8 heteroatoms. The minimum Gasteiger partial charge on any atom is -0.493 e. The number of benzene rings is 1.